The number of amides is 1. The minimum absolute atomic E-state index is 0.0442. The van der Waals surface area contributed by atoms with Crippen LogP contribution >= 0.6 is 15.9 Å². The molecule has 3 heterocycles. The molecule has 1 aliphatic heterocycles. The molecular formula is C17H18BrN9O3. The predicted octanol–water partition coefficient (Wildman–Crippen LogP) is 0.591. The molecule has 1 saturated heterocycles. The zero-order valence-electron chi connectivity index (χ0n) is 15.7. The van der Waals surface area contributed by atoms with Gasteiger partial charge >= 0.3 is 0 Å². The second-order valence-corrected chi connectivity index (χ2v) is 7.33. The van der Waals surface area contributed by atoms with Crippen LogP contribution in [-0.2, 0) is 11.3 Å². The van der Waals surface area contributed by atoms with Crippen molar-refractivity contribution >= 4 is 33.9 Å². The van der Waals surface area contributed by atoms with Crippen LogP contribution in [0.5, 0.6) is 0 Å². The third-order valence-electron chi connectivity index (χ3n) is 4.38. The molecule has 0 saturated carbocycles. The van der Waals surface area contributed by atoms with Crippen molar-refractivity contribution in [3.63, 3.8) is 0 Å². The van der Waals surface area contributed by atoms with Crippen molar-refractivity contribution in [1.29, 1.82) is 0 Å². The average Bonchev–Trinajstić information content (AvgIpc) is 3.34. The molecule has 30 heavy (non-hydrogen) atoms. The van der Waals surface area contributed by atoms with E-state index in [1.807, 2.05) is 24.3 Å². The van der Waals surface area contributed by atoms with Gasteiger partial charge in [-0.2, -0.15) is 9.78 Å². The van der Waals surface area contributed by atoms with Gasteiger partial charge in [0.05, 0.1) is 25.1 Å². The Morgan fingerprint density at radius 1 is 1.33 bits per heavy atom. The first-order valence-corrected chi connectivity index (χ1v) is 9.83. The lowest BCUT2D eigenvalue weighted by Gasteiger charge is -2.26. The van der Waals surface area contributed by atoms with E-state index >= 15 is 0 Å². The lowest BCUT2D eigenvalue weighted by atomic mass is 10.2. The van der Waals surface area contributed by atoms with Crippen molar-refractivity contribution < 1.29 is 14.2 Å². The molecule has 0 unspecified atom stereocenters. The van der Waals surface area contributed by atoms with Gasteiger partial charge in [0.2, 0.25) is 11.6 Å². The highest BCUT2D eigenvalue weighted by molar-refractivity contribution is 9.10. The summed E-state index contributed by atoms with van der Waals surface area (Å²) in [5.74, 6) is -0.295. The molecular weight excluding hydrogens is 458 g/mol. The molecule has 0 bridgehead atoms. The lowest BCUT2D eigenvalue weighted by Crippen LogP contribution is -2.37. The van der Waals surface area contributed by atoms with Gasteiger partial charge in [0.1, 0.15) is 0 Å². The Morgan fingerprint density at radius 3 is 2.90 bits per heavy atom. The number of rotatable bonds is 6. The molecule has 2 aromatic heterocycles. The maximum absolute atomic E-state index is 12.7. The fourth-order valence-electron chi connectivity index (χ4n) is 2.90. The SMILES string of the molecule is Nc1nonc1-n1nnc(C(=O)N/N=C/c2cccc(Br)c2)c1CN1CCOCC1. The number of aromatic nitrogens is 5. The summed E-state index contributed by atoms with van der Waals surface area (Å²) in [5, 5.41) is 19.4. The first kappa shape index (κ1) is 20.1. The molecule has 0 aliphatic carbocycles. The molecule has 0 radical (unpaired) electrons. The normalized spacial score (nSPS) is 15.0. The number of hydrogen-bond donors (Lipinski definition) is 2. The van der Waals surface area contributed by atoms with Crippen LogP contribution in [0.4, 0.5) is 5.82 Å². The van der Waals surface area contributed by atoms with Gasteiger partial charge in [-0.3, -0.25) is 9.69 Å². The van der Waals surface area contributed by atoms with Crippen molar-refractivity contribution in [2.45, 2.75) is 6.54 Å². The van der Waals surface area contributed by atoms with Gasteiger partial charge in [-0.25, -0.2) is 10.1 Å². The fourth-order valence-corrected chi connectivity index (χ4v) is 3.32. The highest BCUT2D eigenvalue weighted by Gasteiger charge is 2.26. The summed E-state index contributed by atoms with van der Waals surface area (Å²) in [5.41, 5.74) is 9.71. The van der Waals surface area contributed by atoms with Crippen molar-refractivity contribution in [3.05, 3.63) is 45.7 Å². The average molecular weight is 476 g/mol. The Labute approximate surface area is 179 Å². The first-order chi connectivity index (χ1) is 14.6. The van der Waals surface area contributed by atoms with Crippen molar-refractivity contribution in [2.24, 2.45) is 5.10 Å². The molecule has 1 amide bonds. The van der Waals surface area contributed by atoms with Crippen LogP contribution in [0, 0.1) is 0 Å². The molecule has 0 atom stereocenters. The number of halogens is 1. The number of nitrogens with two attached hydrogens (primary N) is 1. The molecule has 1 aromatic carbocycles. The van der Waals surface area contributed by atoms with Crippen molar-refractivity contribution in [3.8, 4) is 5.82 Å². The maximum atomic E-state index is 12.7. The second-order valence-electron chi connectivity index (χ2n) is 6.41. The van der Waals surface area contributed by atoms with Crippen LogP contribution in [0.15, 0.2) is 38.5 Å². The highest BCUT2D eigenvalue weighted by atomic mass is 79.9. The summed E-state index contributed by atoms with van der Waals surface area (Å²) in [7, 11) is 0. The quantitative estimate of drug-likeness (QED) is 0.385. The fraction of sp³-hybridized carbons (Fsp3) is 0.294. The van der Waals surface area contributed by atoms with Gasteiger partial charge in [0.15, 0.2) is 5.69 Å². The molecule has 13 heteroatoms. The topological polar surface area (TPSA) is 150 Å². The molecule has 3 aromatic rings. The first-order valence-electron chi connectivity index (χ1n) is 9.04. The Kier molecular flexibility index (Phi) is 6.11. The molecule has 4 rings (SSSR count). The van der Waals surface area contributed by atoms with Gasteiger partial charge in [0.25, 0.3) is 5.91 Å². The number of hydrogen-bond acceptors (Lipinski definition) is 10. The van der Waals surface area contributed by atoms with E-state index in [1.165, 1.54) is 10.9 Å². The number of hydrazone groups is 1. The summed E-state index contributed by atoms with van der Waals surface area (Å²) >= 11 is 3.39. The van der Waals surface area contributed by atoms with E-state index in [4.69, 9.17) is 10.5 Å². The van der Waals surface area contributed by atoms with Gasteiger partial charge in [-0.15, -0.1) is 5.10 Å². The largest absolute Gasteiger partial charge is 0.379 e. The summed E-state index contributed by atoms with van der Waals surface area (Å²) in [6.45, 7) is 3.02. The van der Waals surface area contributed by atoms with Crippen LogP contribution in [0.25, 0.3) is 5.82 Å². The number of benzene rings is 1. The van der Waals surface area contributed by atoms with Gasteiger partial charge in [0, 0.05) is 24.1 Å². The monoisotopic (exact) mass is 475 g/mol. The maximum Gasteiger partial charge on any atom is 0.293 e. The number of nitrogen functional groups attached to an aromatic ring is 1. The van der Waals surface area contributed by atoms with Crippen LogP contribution < -0.4 is 11.2 Å². The summed E-state index contributed by atoms with van der Waals surface area (Å²) in [6, 6.07) is 7.50. The van der Waals surface area contributed by atoms with E-state index in [9.17, 15) is 4.79 Å². The van der Waals surface area contributed by atoms with Gasteiger partial charge in [-0.05, 0) is 28.0 Å². The Bertz CT molecular complexity index is 1060. The standard InChI is InChI=1S/C17H18BrN9O3/c18-12-3-1-2-11(8-12)9-20-22-17(28)14-13(10-26-4-6-29-7-5-26)27(25-21-14)16-15(19)23-30-24-16/h1-3,8-9H,4-7,10H2,(H2,19,23)(H,22,28)/b20-9+. The van der Waals surface area contributed by atoms with Gasteiger partial charge in [-0.1, -0.05) is 33.3 Å². The number of carbonyl (C=O) groups is 1. The smallest absolute Gasteiger partial charge is 0.293 e. The number of nitrogens with one attached hydrogen (secondary N) is 1. The molecule has 12 nitrogen and oxygen atoms in total. The minimum Gasteiger partial charge on any atom is -0.379 e. The Morgan fingerprint density at radius 2 is 2.17 bits per heavy atom. The highest BCUT2D eigenvalue weighted by Crippen LogP contribution is 2.18. The minimum atomic E-state index is -0.509. The van der Waals surface area contributed by atoms with Crippen LogP contribution in [0.2, 0.25) is 0 Å². The summed E-state index contributed by atoms with van der Waals surface area (Å²) < 4.78 is 12.3. The number of nitrogens with zero attached hydrogens (tertiary/aromatic N) is 7. The predicted molar refractivity (Wildman–Crippen MR) is 109 cm³/mol. The van der Waals surface area contributed by atoms with E-state index in [0.29, 0.717) is 38.5 Å². The number of ether oxygens (including phenoxy) is 1. The summed E-state index contributed by atoms with van der Waals surface area (Å²) in [6.07, 6.45) is 1.54. The molecule has 0 spiro atoms. The molecule has 1 fully saturated rings. The third-order valence-corrected chi connectivity index (χ3v) is 4.87. The lowest BCUT2D eigenvalue weighted by molar-refractivity contribution is 0.0332. The van der Waals surface area contributed by atoms with Crippen molar-refractivity contribution in [1.82, 2.24) is 35.6 Å². The Balaban J connectivity index is 1.57. The zero-order valence-corrected chi connectivity index (χ0v) is 17.3. The van der Waals surface area contributed by atoms with Crippen molar-refractivity contribution in [2.75, 3.05) is 32.0 Å². The van der Waals surface area contributed by atoms with E-state index in [-0.39, 0.29) is 17.3 Å². The second kappa shape index (κ2) is 9.11. The van der Waals surface area contributed by atoms with Crippen LogP contribution in [-0.4, -0.2) is 68.6 Å². The van der Waals surface area contributed by atoms with Crippen LogP contribution in [0.3, 0.4) is 0 Å². The van der Waals surface area contributed by atoms with E-state index in [2.05, 4.69) is 56.6 Å². The Hall–Kier alpha value is -3.16. The van der Waals surface area contributed by atoms with Crippen LogP contribution in [0.1, 0.15) is 21.7 Å². The number of carbonyl (C=O) groups excluding carboxylic acids is 1. The van der Waals surface area contributed by atoms with E-state index < -0.39 is 5.91 Å². The third kappa shape index (κ3) is 4.53. The summed E-state index contributed by atoms with van der Waals surface area (Å²) in [4.78, 5) is 14.9. The van der Waals surface area contributed by atoms with Gasteiger partial charge < -0.3 is 10.5 Å². The van der Waals surface area contributed by atoms with E-state index in [1.54, 1.807) is 0 Å². The molecule has 1 aliphatic rings. The molecule has 3 N–H and O–H groups in total. The van der Waals surface area contributed by atoms with E-state index in [0.717, 1.165) is 10.0 Å². The molecule has 156 valence electrons. The number of anilines is 1. The zero-order chi connectivity index (χ0) is 20.9. The number of morpholine rings is 1.